The van der Waals surface area contributed by atoms with Crippen molar-refractivity contribution in [3.8, 4) is 0 Å². The Labute approximate surface area is 137 Å². The maximum Gasteiger partial charge on any atom is 0.214 e. The fraction of sp³-hybridized carbons (Fsp3) is 1.00. The molecule has 0 aliphatic carbocycles. The SMILES string of the molecule is Cl.NS(=O)(=O)C1CN(CCCCO)C1.NS(=O)(=O)C1CNC1. The van der Waals surface area contributed by atoms with Crippen LogP contribution < -0.4 is 15.6 Å². The van der Waals surface area contributed by atoms with Gasteiger partial charge >= 0.3 is 0 Å². The van der Waals surface area contributed by atoms with Crippen molar-refractivity contribution in [3.05, 3.63) is 0 Å². The lowest BCUT2D eigenvalue weighted by Crippen LogP contribution is -2.56. The van der Waals surface area contributed by atoms with Gasteiger partial charge < -0.3 is 15.3 Å². The van der Waals surface area contributed by atoms with E-state index in [0.717, 1.165) is 19.4 Å². The summed E-state index contributed by atoms with van der Waals surface area (Å²) in [6.07, 6.45) is 1.68. The Bertz CT molecular complexity index is 517. The standard InChI is InChI=1S/C7H16N2O3S.C3H8N2O2S.ClH/c8-13(11,12)7-5-9(6-7)3-1-2-4-10;4-8(6,7)3-1-5-2-3;/h7,10H,1-6H2,(H2,8,11,12);3,5H,1-2H2,(H2,4,6,7);1H. The number of nitrogens with zero attached hydrogens (tertiary/aromatic N) is 1. The van der Waals surface area contributed by atoms with Crippen molar-refractivity contribution in [2.75, 3.05) is 39.3 Å². The predicted molar refractivity (Wildman–Crippen MR) is 86.7 cm³/mol. The van der Waals surface area contributed by atoms with Crippen LogP contribution in [0.2, 0.25) is 0 Å². The molecule has 2 aliphatic heterocycles. The summed E-state index contributed by atoms with van der Waals surface area (Å²) in [7, 11) is -6.55. The summed E-state index contributed by atoms with van der Waals surface area (Å²) in [5.74, 6) is 0. The third-order valence-electron chi connectivity index (χ3n) is 3.48. The number of aliphatic hydroxyl groups excluding tert-OH is 1. The van der Waals surface area contributed by atoms with E-state index in [4.69, 9.17) is 15.4 Å². The van der Waals surface area contributed by atoms with E-state index in [2.05, 4.69) is 5.32 Å². The molecule has 2 rings (SSSR count). The minimum atomic E-state index is -3.32. The zero-order valence-corrected chi connectivity index (χ0v) is 14.7. The predicted octanol–water partition coefficient (Wildman–Crippen LogP) is -2.60. The topological polar surface area (TPSA) is 156 Å². The average molecular weight is 381 g/mol. The Hall–Kier alpha value is -0.0100. The van der Waals surface area contributed by atoms with Crippen molar-refractivity contribution >= 4 is 32.5 Å². The van der Waals surface area contributed by atoms with Gasteiger partial charge in [0.25, 0.3) is 0 Å². The molecule has 2 aliphatic rings. The van der Waals surface area contributed by atoms with Gasteiger partial charge in [-0.2, -0.15) is 0 Å². The zero-order valence-electron chi connectivity index (χ0n) is 12.2. The smallest absolute Gasteiger partial charge is 0.214 e. The molecule has 0 aromatic heterocycles. The molecule has 0 radical (unpaired) electrons. The quantitative estimate of drug-likeness (QED) is 0.368. The van der Waals surface area contributed by atoms with Gasteiger partial charge in [0.15, 0.2) is 0 Å². The van der Waals surface area contributed by atoms with Crippen molar-refractivity contribution in [1.29, 1.82) is 0 Å². The number of halogens is 1. The highest BCUT2D eigenvalue weighted by atomic mass is 35.5. The first kappa shape index (κ1) is 22.0. The molecule has 9 nitrogen and oxygen atoms in total. The molecule has 0 unspecified atom stereocenters. The highest BCUT2D eigenvalue weighted by Gasteiger charge is 2.34. The molecule has 0 amide bonds. The summed E-state index contributed by atoms with van der Waals surface area (Å²) < 4.78 is 42.3. The number of unbranched alkanes of at least 4 members (excludes halogenated alkanes) is 1. The van der Waals surface area contributed by atoms with E-state index in [1.165, 1.54) is 0 Å². The molecule has 0 spiro atoms. The molecule has 134 valence electrons. The number of hydrogen-bond donors (Lipinski definition) is 4. The Morgan fingerprint density at radius 3 is 1.77 bits per heavy atom. The fourth-order valence-electron chi connectivity index (χ4n) is 1.85. The van der Waals surface area contributed by atoms with Crippen LogP contribution in [0.15, 0.2) is 0 Å². The molecule has 2 saturated heterocycles. The lowest BCUT2D eigenvalue weighted by Gasteiger charge is -2.37. The van der Waals surface area contributed by atoms with E-state index in [0.29, 0.717) is 26.2 Å². The molecule has 22 heavy (non-hydrogen) atoms. The Morgan fingerprint density at radius 2 is 1.50 bits per heavy atom. The maximum absolute atomic E-state index is 10.8. The van der Waals surface area contributed by atoms with Crippen molar-refractivity contribution in [1.82, 2.24) is 10.2 Å². The number of nitrogens with one attached hydrogen (secondary N) is 1. The molecule has 6 N–H and O–H groups in total. The van der Waals surface area contributed by atoms with E-state index < -0.39 is 20.0 Å². The second kappa shape index (κ2) is 9.33. The van der Waals surface area contributed by atoms with Gasteiger partial charge in [-0.1, -0.05) is 0 Å². The van der Waals surface area contributed by atoms with Crippen LogP contribution in [0.25, 0.3) is 0 Å². The van der Waals surface area contributed by atoms with E-state index in [-0.39, 0.29) is 29.5 Å². The highest BCUT2D eigenvalue weighted by Crippen LogP contribution is 2.14. The minimum absolute atomic E-state index is 0. The van der Waals surface area contributed by atoms with E-state index >= 15 is 0 Å². The normalized spacial score (nSPS) is 20.1. The summed E-state index contributed by atoms with van der Waals surface area (Å²) in [5, 5.41) is 20.4. The van der Waals surface area contributed by atoms with Crippen LogP contribution in [0.5, 0.6) is 0 Å². The number of primary sulfonamides is 2. The highest BCUT2D eigenvalue weighted by molar-refractivity contribution is 7.90. The van der Waals surface area contributed by atoms with Gasteiger partial charge in [0.05, 0.1) is 5.25 Å². The van der Waals surface area contributed by atoms with E-state index in [9.17, 15) is 16.8 Å². The van der Waals surface area contributed by atoms with E-state index in [1.54, 1.807) is 0 Å². The zero-order chi connectivity index (χ0) is 16.1. The Balaban J connectivity index is 0.000000423. The molecular weight excluding hydrogens is 356 g/mol. The van der Waals surface area contributed by atoms with Gasteiger partial charge in [0.1, 0.15) is 5.25 Å². The first-order valence-electron chi connectivity index (χ1n) is 6.71. The van der Waals surface area contributed by atoms with Crippen molar-refractivity contribution in [3.63, 3.8) is 0 Å². The van der Waals surface area contributed by atoms with Crippen LogP contribution >= 0.6 is 12.4 Å². The van der Waals surface area contributed by atoms with Gasteiger partial charge in [-0.05, 0) is 19.4 Å². The van der Waals surface area contributed by atoms with Gasteiger partial charge in [-0.3, -0.25) is 0 Å². The molecule has 12 heteroatoms. The minimum Gasteiger partial charge on any atom is -0.396 e. The lowest BCUT2D eigenvalue weighted by molar-refractivity contribution is 0.174. The van der Waals surface area contributed by atoms with Crippen LogP contribution in [0.1, 0.15) is 12.8 Å². The summed E-state index contributed by atoms with van der Waals surface area (Å²) in [4.78, 5) is 2.03. The van der Waals surface area contributed by atoms with Crippen molar-refractivity contribution < 1.29 is 21.9 Å². The van der Waals surface area contributed by atoms with Crippen LogP contribution in [0.4, 0.5) is 0 Å². The summed E-state index contributed by atoms with van der Waals surface area (Å²) >= 11 is 0. The number of likely N-dealkylation sites (tertiary alicyclic amines) is 1. The summed E-state index contributed by atoms with van der Waals surface area (Å²) in [6.45, 7) is 3.17. The lowest BCUT2D eigenvalue weighted by atomic mass is 10.2. The molecule has 0 atom stereocenters. The molecular formula is C10H25ClN4O5S2. The number of rotatable bonds is 6. The first-order chi connectivity index (χ1) is 9.64. The van der Waals surface area contributed by atoms with Gasteiger partial charge in [0.2, 0.25) is 20.0 Å². The third-order valence-corrected chi connectivity index (χ3v) is 5.97. The summed E-state index contributed by atoms with van der Waals surface area (Å²) in [5.41, 5.74) is 0. The first-order valence-corrected chi connectivity index (χ1v) is 9.93. The third kappa shape index (κ3) is 7.51. The Kier molecular flexibility index (Phi) is 9.32. The van der Waals surface area contributed by atoms with Crippen LogP contribution in [0, 0.1) is 0 Å². The van der Waals surface area contributed by atoms with Crippen LogP contribution in [0.3, 0.4) is 0 Å². The number of sulfonamides is 2. The van der Waals surface area contributed by atoms with Gasteiger partial charge in [0, 0.05) is 32.8 Å². The molecule has 2 heterocycles. The molecule has 0 aromatic carbocycles. The monoisotopic (exact) mass is 380 g/mol. The van der Waals surface area contributed by atoms with Crippen LogP contribution in [-0.4, -0.2) is 76.7 Å². The number of hydrogen-bond acceptors (Lipinski definition) is 7. The largest absolute Gasteiger partial charge is 0.396 e. The Morgan fingerprint density at radius 1 is 1.00 bits per heavy atom. The van der Waals surface area contributed by atoms with Crippen LogP contribution in [-0.2, 0) is 20.0 Å². The molecule has 0 bridgehead atoms. The average Bonchev–Trinajstić information content (AvgIpc) is 2.15. The second-order valence-corrected chi connectivity index (χ2v) is 8.96. The maximum atomic E-state index is 10.8. The number of aliphatic hydroxyl groups is 1. The second-order valence-electron chi connectivity index (χ2n) is 5.27. The fourth-order valence-corrected chi connectivity index (χ4v) is 3.39. The van der Waals surface area contributed by atoms with Crippen molar-refractivity contribution in [2.24, 2.45) is 10.3 Å². The molecule has 0 aromatic rings. The van der Waals surface area contributed by atoms with Gasteiger partial charge in [-0.15, -0.1) is 12.4 Å². The number of nitrogens with two attached hydrogens (primary N) is 2. The molecule has 0 saturated carbocycles. The van der Waals surface area contributed by atoms with Crippen molar-refractivity contribution in [2.45, 2.75) is 23.3 Å². The summed E-state index contributed by atoms with van der Waals surface area (Å²) in [6, 6.07) is 0. The van der Waals surface area contributed by atoms with E-state index in [1.807, 2.05) is 4.90 Å². The van der Waals surface area contributed by atoms with Gasteiger partial charge in [-0.25, -0.2) is 27.1 Å². The molecule has 2 fully saturated rings.